The molecule has 0 atom stereocenters. The van der Waals surface area contributed by atoms with Crippen LogP contribution >= 0.6 is 11.6 Å². The van der Waals surface area contributed by atoms with Gasteiger partial charge in [0.15, 0.2) is 0 Å². The lowest BCUT2D eigenvalue weighted by Crippen LogP contribution is -1.93. The number of rotatable bonds is 3. The Morgan fingerprint density at radius 3 is 2.46 bits per heavy atom. The predicted molar refractivity (Wildman–Crippen MR) is 92.5 cm³/mol. The smallest absolute Gasteiger partial charge is 0.227 e. The number of hydrogen-bond acceptors (Lipinski definition) is 4. The minimum absolute atomic E-state index is 0.0203. The fourth-order valence-electron chi connectivity index (χ4n) is 2.16. The lowest BCUT2D eigenvalue weighted by molar-refractivity contribution is 0.464. The third-order valence-electron chi connectivity index (χ3n) is 3.29. The van der Waals surface area contributed by atoms with Crippen molar-refractivity contribution in [2.24, 2.45) is 0 Å². The predicted octanol–water partition coefficient (Wildman–Crippen LogP) is 5.11. The van der Waals surface area contributed by atoms with Gasteiger partial charge in [-0.3, -0.25) is 0 Å². The van der Waals surface area contributed by atoms with E-state index in [4.69, 9.17) is 26.9 Å². The first-order valence-electron chi connectivity index (χ1n) is 7.05. The maximum absolute atomic E-state index is 9.00. The Kier molecular flexibility index (Phi) is 4.43. The summed E-state index contributed by atoms with van der Waals surface area (Å²) in [7, 11) is 0. The van der Waals surface area contributed by atoms with Gasteiger partial charge in [0, 0.05) is 16.0 Å². The Morgan fingerprint density at radius 2 is 1.75 bits per heavy atom. The van der Waals surface area contributed by atoms with Crippen LogP contribution in [0.4, 0.5) is 0 Å². The summed E-state index contributed by atoms with van der Waals surface area (Å²) in [6.07, 6.45) is 1.46. The molecule has 3 rings (SSSR count). The number of fused-ring (bicyclic) bond motifs is 1. The average Bonchev–Trinajstić information content (AvgIpc) is 2.61. The van der Waals surface area contributed by atoms with Crippen LogP contribution in [0.5, 0.6) is 11.6 Å². The fraction of sp³-hybridized carbons (Fsp3) is 0. The van der Waals surface area contributed by atoms with Crippen LogP contribution < -0.4 is 4.74 Å². The average molecular weight is 332 g/mol. The Bertz CT molecular complexity index is 995. The third-order valence-corrected chi connectivity index (χ3v) is 3.54. The Morgan fingerprint density at radius 1 is 1.04 bits per heavy atom. The van der Waals surface area contributed by atoms with Crippen molar-refractivity contribution in [3.05, 3.63) is 70.8 Å². The van der Waals surface area contributed by atoms with Gasteiger partial charge in [-0.15, -0.1) is 0 Å². The van der Waals surface area contributed by atoms with Gasteiger partial charge < -0.3 is 4.74 Å². The van der Waals surface area contributed by atoms with Crippen LogP contribution in [0.15, 0.2) is 60.2 Å². The number of aromatic nitrogens is 1. The van der Waals surface area contributed by atoms with Gasteiger partial charge in [-0.2, -0.15) is 10.5 Å². The van der Waals surface area contributed by atoms with Gasteiger partial charge in [0.05, 0.1) is 5.52 Å². The normalized spacial score (nSPS) is 9.79. The Labute approximate surface area is 143 Å². The summed E-state index contributed by atoms with van der Waals surface area (Å²) < 4.78 is 5.83. The summed E-state index contributed by atoms with van der Waals surface area (Å²) in [6, 6.07) is 20.0. The number of benzene rings is 2. The first kappa shape index (κ1) is 15.6. The number of pyridine rings is 1. The standard InChI is InChI=1S/C19H10ClN3O/c20-16-5-7-17(8-6-16)24-19-15(9-13(11-21)12-22)10-14-3-1-2-4-18(14)23-19/h1-10H. The number of halogens is 1. The molecule has 2 aromatic carbocycles. The van der Waals surface area contributed by atoms with E-state index in [1.807, 2.05) is 42.5 Å². The second kappa shape index (κ2) is 6.83. The quantitative estimate of drug-likeness (QED) is 0.625. The molecule has 0 radical (unpaired) electrons. The summed E-state index contributed by atoms with van der Waals surface area (Å²) in [5.74, 6) is 0.881. The van der Waals surface area contributed by atoms with Crippen molar-refractivity contribution in [2.45, 2.75) is 0 Å². The summed E-state index contributed by atoms with van der Waals surface area (Å²) in [5.41, 5.74) is 1.30. The summed E-state index contributed by atoms with van der Waals surface area (Å²) in [5, 5.41) is 19.5. The van der Waals surface area contributed by atoms with Crippen LogP contribution in [-0.2, 0) is 0 Å². The van der Waals surface area contributed by atoms with E-state index < -0.39 is 0 Å². The number of ether oxygens (including phenoxy) is 1. The number of hydrogen-bond donors (Lipinski definition) is 0. The molecule has 0 unspecified atom stereocenters. The molecule has 1 heterocycles. The van der Waals surface area contributed by atoms with E-state index in [1.165, 1.54) is 6.08 Å². The molecule has 24 heavy (non-hydrogen) atoms. The second-order valence-corrected chi connectivity index (χ2v) is 5.35. The topological polar surface area (TPSA) is 69.7 Å². The summed E-state index contributed by atoms with van der Waals surface area (Å²) in [4.78, 5) is 4.50. The van der Waals surface area contributed by atoms with Gasteiger partial charge in [-0.25, -0.2) is 4.98 Å². The number of nitrogens with zero attached hydrogens (tertiary/aromatic N) is 3. The van der Waals surface area contributed by atoms with Crippen LogP contribution in [-0.4, -0.2) is 4.98 Å². The van der Waals surface area contributed by atoms with Crippen LogP contribution in [0, 0.1) is 22.7 Å². The molecule has 3 aromatic rings. The highest BCUT2D eigenvalue weighted by Gasteiger charge is 2.09. The van der Waals surface area contributed by atoms with E-state index >= 15 is 0 Å². The van der Waals surface area contributed by atoms with E-state index in [9.17, 15) is 0 Å². The zero-order valence-electron chi connectivity index (χ0n) is 12.4. The van der Waals surface area contributed by atoms with Gasteiger partial charge in [-0.1, -0.05) is 29.8 Å². The van der Waals surface area contributed by atoms with Crippen molar-refractivity contribution in [1.29, 1.82) is 10.5 Å². The Hall–Kier alpha value is -3.34. The molecule has 0 aliphatic rings. The molecular weight excluding hydrogens is 322 g/mol. The zero-order chi connectivity index (χ0) is 16.9. The van der Waals surface area contributed by atoms with Crippen molar-refractivity contribution in [2.75, 3.05) is 0 Å². The highest BCUT2D eigenvalue weighted by molar-refractivity contribution is 6.30. The van der Waals surface area contributed by atoms with Crippen LogP contribution in [0.25, 0.3) is 17.0 Å². The first-order chi connectivity index (χ1) is 11.7. The van der Waals surface area contributed by atoms with Gasteiger partial charge in [-0.05, 0) is 42.5 Å². The molecule has 114 valence electrons. The molecule has 0 aliphatic carbocycles. The molecule has 1 aromatic heterocycles. The van der Waals surface area contributed by atoms with Gasteiger partial charge in [0.1, 0.15) is 23.5 Å². The lowest BCUT2D eigenvalue weighted by Gasteiger charge is -2.09. The SMILES string of the molecule is N#CC(C#N)=Cc1cc2ccccc2nc1Oc1ccc(Cl)cc1. The van der Waals surface area contributed by atoms with E-state index in [0.717, 1.165) is 10.9 Å². The maximum atomic E-state index is 9.00. The van der Waals surface area contributed by atoms with Crippen LogP contribution in [0.3, 0.4) is 0 Å². The minimum Gasteiger partial charge on any atom is -0.438 e. The van der Waals surface area contributed by atoms with E-state index in [0.29, 0.717) is 22.2 Å². The number of nitriles is 2. The van der Waals surface area contributed by atoms with Crippen molar-refractivity contribution in [3.8, 4) is 23.8 Å². The van der Waals surface area contributed by atoms with Crippen molar-refractivity contribution in [3.63, 3.8) is 0 Å². The summed E-state index contributed by atoms with van der Waals surface area (Å²) >= 11 is 5.88. The molecule has 0 aliphatic heterocycles. The molecule has 0 N–H and O–H groups in total. The van der Waals surface area contributed by atoms with E-state index in [-0.39, 0.29) is 5.57 Å². The van der Waals surface area contributed by atoms with E-state index in [1.54, 1.807) is 24.3 Å². The minimum atomic E-state index is -0.0203. The van der Waals surface area contributed by atoms with Crippen molar-refractivity contribution >= 4 is 28.6 Å². The highest BCUT2D eigenvalue weighted by atomic mass is 35.5. The van der Waals surface area contributed by atoms with Gasteiger partial charge in [0.25, 0.3) is 0 Å². The molecule has 0 saturated heterocycles. The molecule has 0 spiro atoms. The van der Waals surface area contributed by atoms with Gasteiger partial charge >= 0.3 is 0 Å². The molecule has 0 amide bonds. The maximum Gasteiger partial charge on any atom is 0.227 e. The molecule has 0 bridgehead atoms. The summed E-state index contributed by atoms with van der Waals surface area (Å²) in [6.45, 7) is 0. The molecule has 4 nitrogen and oxygen atoms in total. The molecule has 0 saturated carbocycles. The molecule has 5 heteroatoms. The van der Waals surface area contributed by atoms with E-state index in [2.05, 4.69) is 4.98 Å². The largest absolute Gasteiger partial charge is 0.438 e. The first-order valence-corrected chi connectivity index (χ1v) is 7.42. The molecule has 0 fully saturated rings. The number of para-hydroxylation sites is 1. The third kappa shape index (κ3) is 3.35. The van der Waals surface area contributed by atoms with Crippen molar-refractivity contribution in [1.82, 2.24) is 4.98 Å². The zero-order valence-corrected chi connectivity index (χ0v) is 13.2. The van der Waals surface area contributed by atoms with Crippen LogP contribution in [0.2, 0.25) is 5.02 Å². The number of allylic oxidation sites excluding steroid dienone is 1. The fourth-order valence-corrected chi connectivity index (χ4v) is 2.29. The van der Waals surface area contributed by atoms with Crippen LogP contribution in [0.1, 0.15) is 5.56 Å². The molecular formula is C19H10ClN3O. The second-order valence-electron chi connectivity index (χ2n) is 4.91. The highest BCUT2D eigenvalue weighted by Crippen LogP contribution is 2.29. The Balaban J connectivity index is 2.13. The van der Waals surface area contributed by atoms with Crippen molar-refractivity contribution < 1.29 is 4.74 Å². The van der Waals surface area contributed by atoms with Gasteiger partial charge in [0.2, 0.25) is 5.88 Å². The lowest BCUT2D eigenvalue weighted by atomic mass is 10.1. The monoisotopic (exact) mass is 331 g/mol.